The topological polar surface area (TPSA) is 68.5 Å². The van der Waals surface area contributed by atoms with Crippen molar-refractivity contribution in [1.29, 1.82) is 0 Å². The van der Waals surface area contributed by atoms with E-state index in [0.29, 0.717) is 0 Å². The molecule has 1 aromatic heterocycles. The summed E-state index contributed by atoms with van der Waals surface area (Å²) in [7, 11) is 1.23. The van der Waals surface area contributed by atoms with E-state index >= 15 is 0 Å². The standard InChI is InChI=1S/C16H14F3NO4/c1-23-14(21)7-8-20-15(22)13-6-5-12(24-13)10-3-2-4-11(9-10)16(17,18)19/h2-6,9H,7-8H2,1H3,(H,20,22). The van der Waals surface area contributed by atoms with Gasteiger partial charge in [0.15, 0.2) is 5.76 Å². The van der Waals surface area contributed by atoms with Crippen molar-refractivity contribution >= 4 is 11.9 Å². The lowest BCUT2D eigenvalue weighted by Crippen LogP contribution is -2.25. The van der Waals surface area contributed by atoms with Crippen LogP contribution in [0.3, 0.4) is 0 Å². The third-order valence-electron chi connectivity index (χ3n) is 3.15. The molecule has 0 bridgehead atoms. The highest BCUT2D eigenvalue weighted by molar-refractivity contribution is 5.92. The number of esters is 1. The van der Waals surface area contributed by atoms with Gasteiger partial charge in [-0.1, -0.05) is 12.1 Å². The van der Waals surface area contributed by atoms with E-state index in [9.17, 15) is 22.8 Å². The third-order valence-corrected chi connectivity index (χ3v) is 3.15. The van der Waals surface area contributed by atoms with Gasteiger partial charge in [-0.2, -0.15) is 13.2 Å². The summed E-state index contributed by atoms with van der Waals surface area (Å²) in [6.07, 6.45) is -4.46. The van der Waals surface area contributed by atoms with E-state index < -0.39 is 23.6 Å². The van der Waals surface area contributed by atoms with Gasteiger partial charge in [-0.15, -0.1) is 0 Å². The molecule has 0 atom stereocenters. The molecule has 128 valence electrons. The average molecular weight is 341 g/mol. The fourth-order valence-electron chi connectivity index (χ4n) is 1.93. The molecule has 2 rings (SSSR count). The number of rotatable bonds is 5. The lowest BCUT2D eigenvalue weighted by molar-refractivity contribution is -0.140. The Morgan fingerprint density at radius 1 is 1.21 bits per heavy atom. The number of hydrogen-bond donors (Lipinski definition) is 1. The van der Waals surface area contributed by atoms with Gasteiger partial charge in [0.05, 0.1) is 19.1 Å². The van der Waals surface area contributed by atoms with Crippen LogP contribution in [0.2, 0.25) is 0 Å². The van der Waals surface area contributed by atoms with Gasteiger partial charge in [-0.05, 0) is 24.3 Å². The van der Waals surface area contributed by atoms with Crippen LogP contribution in [0, 0.1) is 0 Å². The molecule has 2 aromatic rings. The molecule has 0 saturated carbocycles. The van der Waals surface area contributed by atoms with E-state index in [-0.39, 0.29) is 30.0 Å². The highest BCUT2D eigenvalue weighted by atomic mass is 19.4. The summed E-state index contributed by atoms with van der Waals surface area (Å²) in [6, 6.07) is 7.36. The zero-order chi connectivity index (χ0) is 17.7. The van der Waals surface area contributed by atoms with Crippen LogP contribution in [0.5, 0.6) is 0 Å². The lowest BCUT2D eigenvalue weighted by atomic mass is 10.1. The molecular formula is C16H14F3NO4. The number of alkyl halides is 3. The largest absolute Gasteiger partial charge is 0.469 e. The predicted octanol–water partition coefficient (Wildman–Crippen LogP) is 3.26. The molecular weight excluding hydrogens is 327 g/mol. The van der Waals surface area contributed by atoms with Gasteiger partial charge < -0.3 is 14.5 Å². The summed E-state index contributed by atoms with van der Waals surface area (Å²) < 4.78 is 47.9. The van der Waals surface area contributed by atoms with Crippen molar-refractivity contribution in [2.45, 2.75) is 12.6 Å². The van der Waals surface area contributed by atoms with E-state index in [1.54, 1.807) is 0 Å². The molecule has 0 spiro atoms. The van der Waals surface area contributed by atoms with Gasteiger partial charge >= 0.3 is 12.1 Å². The number of benzene rings is 1. The molecule has 0 saturated heterocycles. The molecule has 8 heteroatoms. The second-order valence-electron chi connectivity index (χ2n) is 4.82. The lowest BCUT2D eigenvalue weighted by Gasteiger charge is -2.07. The van der Waals surface area contributed by atoms with Gasteiger partial charge in [0.2, 0.25) is 0 Å². The number of carbonyl (C=O) groups excluding carboxylic acids is 2. The number of furan rings is 1. The van der Waals surface area contributed by atoms with Gasteiger partial charge in [-0.3, -0.25) is 9.59 Å². The zero-order valence-corrected chi connectivity index (χ0v) is 12.6. The summed E-state index contributed by atoms with van der Waals surface area (Å²) >= 11 is 0. The maximum atomic E-state index is 12.7. The number of ether oxygens (including phenoxy) is 1. The van der Waals surface area contributed by atoms with Crippen LogP contribution in [0.15, 0.2) is 40.8 Å². The first kappa shape index (κ1) is 17.6. The van der Waals surface area contributed by atoms with E-state index in [4.69, 9.17) is 4.42 Å². The van der Waals surface area contributed by atoms with Crippen molar-refractivity contribution < 1.29 is 31.9 Å². The highest BCUT2D eigenvalue weighted by Gasteiger charge is 2.30. The van der Waals surface area contributed by atoms with Crippen molar-refractivity contribution in [1.82, 2.24) is 5.32 Å². The Morgan fingerprint density at radius 2 is 1.96 bits per heavy atom. The molecule has 1 N–H and O–H groups in total. The van der Waals surface area contributed by atoms with Gasteiger partial charge in [0.1, 0.15) is 5.76 Å². The molecule has 1 amide bonds. The van der Waals surface area contributed by atoms with E-state index in [0.717, 1.165) is 12.1 Å². The van der Waals surface area contributed by atoms with Crippen LogP contribution >= 0.6 is 0 Å². The quantitative estimate of drug-likeness (QED) is 0.848. The molecule has 0 aliphatic carbocycles. The van der Waals surface area contributed by atoms with E-state index in [1.807, 2.05) is 0 Å². The highest BCUT2D eigenvalue weighted by Crippen LogP contribution is 2.32. The summed E-state index contributed by atoms with van der Waals surface area (Å²) in [5, 5.41) is 2.45. The summed E-state index contributed by atoms with van der Waals surface area (Å²) in [5.41, 5.74) is -0.598. The molecule has 0 fully saturated rings. The van der Waals surface area contributed by atoms with Crippen LogP contribution in [-0.4, -0.2) is 25.5 Å². The minimum absolute atomic E-state index is 0.00341. The Labute approximate surface area is 135 Å². The van der Waals surface area contributed by atoms with Crippen LogP contribution < -0.4 is 5.32 Å². The number of nitrogens with one attached hydrogen (secondary N) is 1. The van der Waals surface area contributed by atoms with Crippen LogP contribution in [0.1, 0.15) is 22.5 Å². The number of halogens is 3. The SMILES string of the molecule is COC(=O)CCNC(=O)c1ccc(-c2cccc(C(F)(F)F)c2)o1. The van der Waals surface area contributed by atoms with Crippen LogP contribution in [-0.2, 0) is 15.7 Å². The minimum atomic E-state index is -4.46. The van der Waals surface area contributed by atoms with E-state index in [1.165, 1.54) is 31.4 Å². The number of methoxy groups -OCH3 is 1. The minimum Gasteiger partial charge on any atom is -0.469 e. The van der Waals surface area contributed by atoms with Crippen molar-refractivity contribution in [2.24, 2.45) is 0 Å². The number of amides is 1. The Morgan fingerprint density at radius 3 is 2.62 bits per heavy atom. The molecule has 0 unspecified atom stereocenters. The first-order chi connectivity index (χ1) is 11.3. The molecule has 0 aliphatic rings. The predicted molar refractivity (Wildman–Crippen MR) is 78.1 cm³/mol. The fraction of sp³-hybridized carbons (Fsp3) is 0.250. The van der Waals surface area contributed by atoms with Gasteiger partial charge in [0, 0.05) is 12.1 Å². The average Bonchev–Trinajstić information content (AvgIpc) is 3.04. The maximum absolute atomic E-state index is 12.7. The molecule has 1 aromatic carbocycles. The van der Waals surface area contributed by atoms with E-state index in [2.05, 4.69) is 10.1 Å². The summed E-state index contributed by atoms with van der Waals surface area (Å²) in [5.74, 6) is -0.969. The Balaban J connectivity index is 2.08. The first-order valence-electron chi connectivity index (χ1n) is 6.93. The second kappa shape index (κ2) is 7.20. The van der Waals surface area contributed by atoms with Gasteiger partial charge in [0.25, 0.3) is 5.91 Å². The van der Waals surface area contributed by atoms with Crippen LogP contribution in [0.25, 0.3) is 11.3 Å². The number of carbonyl (C=O) groups is 2. The molecule has 0 radical (unpaired) electrons. The van der Waals surface area contributed by atoms with Gasteiger partial charge in [-0.25, -0.2) is 0 Å². The van der Waals surface area contributed by atoms with Crippen LogP contribution in [0.4, 0.5) is 13.2 Å². The normalized spacial score (nSPS) is 11.2. The third kappa shape index (κ3) is 4.37. The smallest absolute Gasteiger partial charge is 0.416 e. The maximum Gasteiger partial charge on any atom is 0.416 e. The molecule has 5 nitrogen and oxygen atoms in total. The first-order valence-corrected chi connectivity index (χ1v) is 6.93. The van der Waals surface area contributed by atoms with Crippen molar-refractivity contribution in [2.75, 3.05) is 13.7 Å². The van der Waals surface area contributed by atoms with Crippen molar-refractivity contribution in [3.63, 3.8) is 0 Å². The molecule has 0 aliphatic heterocycles. The van der Waals surface area contributed by atoms with Crippen molar-refractivity contribution in [3.05, 3.63) is 47.7 Å². The summed E-state index contributed by atoms with van der Waals surface area (Å²) in [6.45, 7) is 0.0606. The Hall–Kier alpha value is -2.77. The number of hydrogen-bond acceptors (Lipinski definition) is 4. The molecule has 1 heterocycles. The fourth-order valence-corrected chi connectivity index (χ4v) is 1.93. The monoisotopic (exact) mass is 341 g/mol. The second-order valence-corrected chi connectivity index (χ2v) is 4.82. The Bertz CT molecular complexity index is 737. The van der Waals surface area contributed by atoms with Crippen molar-refractivity contribution in [3.8, 4) is 11.3 Å². The molecule has 24 heavy (non-hydrogen) atoms. The Kier molecular flexibility index (Phi) is 5.28. The summed E-state index contributed by atoms with van der Waals surface area (Å²) in [4.78, 5) is 22.8. The zero-order valence-electron chi connectivity index (χ0n) is 12.6.